The second-order valence-corrected chi connectivity index (χ2v) is 7.57. The molecule has 0 aliphatic carbocycles. The smallest absolute Gasteiger partial charge is 0.223 e. The standard InChI is InChI=1S/C18H31N3O3/c1-4-14-10-13(11-16(22)19-14)18(24)20-15-5-7-21(8-6-15)17(23)9-12(2)3/h12-15H,4-11H2,1-3H3,(H,19,22)(H,20,24)/t13-,14-/m1/s1. The van der Waals surface area contributed by atoms with Crippen molar-refractivity contribution < 1.29 is 14.4 Å². The monoisotopic (exact) mass is 337 g/mol. The lowest BCUT2D eigenvalue weighted by Crippen LogP contribution is -2.51. The van der Waals surface area contributed by atoms with E-state index in [2.05, 4.69) is 24.5 Å². The molecule has 0 aromatic rings. The molecular formula is C18H31N3O3. The molecule has 2 aliphatic heterocycles. The van der Waals surface area contributed by atoms with Crippen LogP contribution >= 0.6 is 0 Å². The number of likely N-dealkylation sites (tertiary alicyclic amines) is 1. The molecule has 2 saturated heterocycles. The van der Waals surface area contributed by atoms with Crippen molar-refractivity contribution in [3.63, 3.8) is 0 Å². The predicted molar refractivity (Wildman–Crippen MR) is 92.1 cm³/mol. The van der Waals surface area contributed by atoms with E-state index in [9.17, 15) is 14.4 Å². The molecule has 0 spiro atoms. The molecule has 0 bridgehead atoms. The van der Waals surface area contributed by atoms with Crippen molar-refractivity contribution in [1.82, 2.24) is 15.5 Å². The van der Waals surface area contributed by atoms with Crippen LogP contribution in [0.25, 0.3) is 0 Å². The maximum atomic E-state index is 12.5. The Morgan fingerprint density at radius 2 is 1.96 bits per heavy atom. The fourth-order valence-electron chi connectivity index (χ4n) is 3.54. The Balaban J connectivity index is 1.78. The molecule has 0 radical (unpaired) electrons. The van der Waals surface area contributed by atoms with Crippen molar-refractivity contribution in [3.8, 4) is 0 Å². The van der Waals surface area contributed by atoms with Crippen LogP contribution in [-0.4, -0.2) is 47.8 Å². The summed E-state index contributed by atoms with van der Waals surface area (Å²) < 4.78 is 0. The first kappa shape index (κ1) is 18.7. The second-order valence-electron chi connectivity index (χ2n) is 7.57. The summed E-state index contributed by atoms with van der Waals surface area (Å²) in [6, 6.07) is 0.225. The van der Waals surface area contributed by atoms with Gasteiger partial charge < -0.3 is 15.5 Å². The van der Waals surface area contributed by atoms with E-state index in [-0.39, 0.29) is 42.1 Å². The van der Waals surface area contributed by atoms with E-state index in [1.54, 1.807) is 0 Å². The average molecular weight is 337 g/mol. The van der Waals surface area contributed by atoms with Crippen LogP contribution in [0.2, 0.25) is 0 Å². The van der Waals surface area contributed by atoms with Crippen molar-refractivity contribution in [2.75, 3.05) is 13.1 Å². The van der Waals surface area contributed by atoms with Crippen LogP contribution in [0.15, 0.2) is 0 Å². The summed E-state index contributed by atoms with van der Waals surface area (Å²) in [5.74, 6) is 0.338. The van der Waals surface area contributed by atoms with Gasteiger partial charge in [0.05, 0.1) is 0 Å². The molecule has 136 valence electrons. The maximum Gasteiger partial charge on any atom is 0.223 e. The van der Waals surface area contributed by atoms with Crippen LogP contribution in [0, 0.1) is 11.8 Å². The van der Waals surface area contributed by atoms with Crippen LogP contribution in [0.1, 0.15) is 59.3 Å². The van der Waals surface area contributed by atoms with E-state index in [4.69, 9.17) is 0 Å². The highest BCUT2D eigenvalue weighted by Crippen LogP contribution is 2.20. The minimum Gasteiger partial charge on any atom is -0.353 e. The van der Waals surface area contributed by atoms with Gasteiger partial charge in [-0.25, -0.2) is 0 Å². The molecule has 0 unspecified atom stereocenters. The molecule has 2 rings (SSSR count). The highest BCUT2D eigenvalue weighted by molar-refractivity contribution is 5.87. The number of amides is 3. The molecule has 2 N–H and O–H groups in total. The van der Waals surface area contributed by atoms with Gasteiger partial charge in [-0.1, -0.05) is 20.8 Å². The molecule has 24 heavy (non-hydrogen) atoms. The summed E-state index contributed by atoms with van der Waals surface area (Å²) in [5.41, 5.74) is 0. The largest absolute Gasteiger partial charge is 0.353 e. The van der Waals surface area contributed by atoms with E-state index < -0.39 is 0 Å². The summed E-state index contributed by atoms with van der Waals surface area (Å²) in [6.45, 7) is 7.54. The molecule has 2 heterocycles. The number of piperidine rings is 2. The minimum atomic E-state index is -0.218. The highest BCUT2D eigenvalue weighted by Gasteiger charge is 2.32. The lowest BCUT2D eigenvalue weighted by atomic mass is 9.89. The van der Waals surface area contributed by atoms with E-state index in [0.717, 1.165) is 25.7 Å². The molecule has 2 aliphatic rings. The third-order valence-electron chi connectivity index (χ3n) is 5.01. The van der Waals surface area contributed by atoms with Crippen molar-refractivity contribution in [3.05, 3.63) is 0 Å². The van der Waals surface area contributed by atoms with Crippen molar-refractivity contribution in [2.45, 2.75) is 71.4 Å². The van der Waals surface area contributed by atoms with Crippen LogP contribution in [0.5, 0.6) is 0 Å². The second kappa shape index (κ2) is 8.49. The van der Waals surface area contributed by atoms with Gasteiger partial charge in [-0.3, -0.25) is 14.4 Å². The molecule has 6 heteroatoms. The zero-order valence-corrected chi connectivity index (χ0v) is 15.1. The Morgan fingerprint density at radius 3 is 2.54 bits per heavy atom. The SMILES string of the molecule is CC[C@@H]1C[C@@H](C(=O)NC2CCN(C(=O)CC(C)C)CC2)CC(=O)N1. The molecule has 2 atom stereocenters. The Kier molecular flexibility index (Phi) is 6.63. The molecule has 0 saturated carbocycles. The predicted octanol–water partition coefficient (Wildman–Crippen LogP) is 1.44. The van der Waals surface area contributed by atoms with E-state index in [1.165, 1.54) is 0 Å². The Morgan fingerprint density at radius 1 is 1.29 bits per heavy atom. The topological polar surface area (TPSA) is 78.5 Å². The number of nitrogens with zero attached hydrogens (tertiary/aromatic N) is 1. The minimum absolute atomic E-state index is 0.00439. The molecular weight excluding hydrogens is 306 g/mol. The van der Waals surface area contributed by atoms with Crippen molar-refractivity contribution >= 4 is 17.7 Å². The summed E-state index contributed by atoms with van der Waals surface area (Å²) in [6.07, 6.45) is 4.05. The summed E-state index contributed by atoms with van der Waals surface area (Å²) >= 11 is 0. The molecule has 3 amide bonds. The Bertz CT molecular complexity index is 470. The summed E-state index contributed by atoms with van der Waals surface area (Å²) in [5, 5.41) is 6.02. The fraction of sp³-hybridized carbons (Fsp3) is 0.833. The normalized spacial score (nSPS) is 25.5. The van der Waals surface area contributed by atoms with Gasteiger partial charge in [-0.15, -0.1) is 0 Å². The Labute approximate surface area is 144 Å². The molecule has 2 fully saturated rings. The number of carbonyl (C=O) groups excluding carboxylic acids is 3. The van der Waals surface area contributed by atoms with Gasteiger partial charge in [0.2, 0.25) is 17.7 Å². The third kappa shape index (κ3) is 5.21. The van der Waals surface area contributed by atoms with Crippen LogP contribution in [0.4, 0.5) is 0 Å². The van der Waals surface area contributed by atoms with Gasteiger partial charge in [0.15, 0.2) is 0 Å². The van der Waals surface area contributed by atoms with E-state index in [1.807, 2.05) is 11.8 Å². The number of rotatable bonds is 5. The van der Waals surface area contributed by atoms with Crippen LogP contribution < -0.4 is 10.6 Å². The summed E-state index contributed by atoms with van der Waals surface area (Å²) in [4.78, 5) is 38.2. The molecule has 0 aromatic carbocycles. The lowest BCUT2D eigenvalue weighted by Gasteiger charge is -2.34. The van der Waals surface area contributed by atoms with Crippen LogP contribution in [-0.2, 0) is 14.4 Å². The van der Waals surface area contributed by atoms with Gasteiger partial charge in [0.1, 0.15) is 0 Å². The fourth-order valence-corrected chi connectivity index (χ4v) is 3.54. The summed E-state index contributed by atoms with van der Waals surface area (Å²) in [7, 11) is 0. The number of nitrogens with one attached hydrogen (secondary N) is 2. The van der Waals surface area contributed by atoms with Gasteiger partial charge in [-0.2, -0.15) is 0 Å². The average Bonchev–Trinajstić information content (AvgIpc) is 2.54. The third-order valence-corrected chi connectivity index (χ3v) is 5.01. The highest BCUT2D eigenvalue weighted by atomic mass is 16.2. The van der Waals surface area contributed by atoms with Gasteiger partial charge >= 0.3 is 0 Å². The number of hydrogen-bond acceptors (Lipinski definition) is 3. The van der Waals surface area contributed by atoms with Gasteiger partial charge in [-0.05, 0) is 31.6 Å². The van der Waals surface area contributed by atoms with Crippen molar-refractivity contribution in [1.29, 1.82) is 0 Å². The van der Waals surface area contributed by atoms with Crippen molar-refractivity contribution in [2.24, 2.45) is 11.8 Å². The Hall–Kier alpha value is -1.59. The first-order chi connectivity index (χ1) is 11.4. The van der Waals surface area contributed by atoms with Crippen LogP contribution in [0.3, 0.4) is 0 Å². The molecule has 0 aromatic heterocycles. The maximum absolute atomic E-state index is 12.5. The zero-order valence-electron chi connectivity index (χ0n) is 15.1. The molecule has 6 nitrogen and oxygen atoms in total. The first-order valence-corrected chi connectivity index (χ1v) is 9.26. The number of hydrogen-bond donors (Lipinski definition) is 2. The van der Waals surface area contributed by atoms with E-state index in [0.29, 0.717) is 25.4 Å². The first-order valence-electron chi connectivity index (χ1n) is 9.26. The van der Waals surface area contributed by atoms with Gasteiger partial charge in [0.25, 0.3) is 0 Å². The van der Waals surface area contributed by atoms with Gasteiger partial charge in [0, 0.05) is 43.9 Å². The zero-order chi connectivity index (χ0) is 17.7. The van der Waals surface area contributed by atoms with E-state index >= 15 is 0 Å². The number of carbonyl (C=O) groups is 3. The lowest BCUT2D eigenvalue weighted by molar-refractivity contribution is -0.135. The quantitative estimate of drug-likeness (QED) is 0.797.